The molecule has 4 aromatic rings. The van der Waals surface area contributed by atoms with Gasteiger partial charge in [0.1, 0.15) is 0 Å². The maximum absolute atomic E-state index is 12.9. The fourth-order valence-corrected chi connectivity index (χ4v) is 6.45. The van der Waals surface area contributed by atoms with Crippen LogP contribution >= 0.6 is 0 Å². The summed E-state index contributed by atoms with van der Waals surface area (Å²) in [4.78, 5) is 12.4. The number of fused-ring (bicyclic) bond motifs is 3. The lowest BCUT2D eigenvalue weighted by atomic mass is 9.96. The number of carbonyl (C=O) groups is 1. The van der Waals surface area contributed by atoms with Gasteiger partial charge in [-0.2, -0.15) is 5.10 Å². The average Bonchev–Trinajstić information content (AvgIpc) is 3.46. The minimum Gasteiger partial charge on any atom is -0.335 e. The van der Waals surface area contributed by atoms with Gasteiger partial charge in [-0.25, -0.2) is 22.6 Å². The SMILES string of the molecule is Cc1ccc(-c2c3c(nn2-c2ccc(S(=O)(=O)NC(=O)NC4CCCCC4)cc2)-c2ccccc2C3)cc1. The van der Waals surface area contributed by atoms with Gasteiger partial charge in [0.15, 0.2) is 0 Å². The number of aryl methyl sites for hydroxylation is 1. The number of urea groups is 1. The lowest BCUT2D eigenvalue weighted by molar-refractivity contribution is 0.237. The van der Waals surface area contributed by atoms with Gasteiger partial charge in [-0.1, -0.05) is 73.4 Å². The van der Waals surface area contributed by atoms with Crippen LogP contribution in [0.15, 0.2) is 77.7 Å². The summed E-state index contributed by atoms with van der Waals surface area (Å²) in [6.07, 6.45) is 5.80. The van der Waals surface area contributed by atoms with Crippen LogP contribution < -0.4 is 10.0 Å². The highest BCUT2D eigenvalue weighted by atomic mass is 32.2. The second-order valence-electron chi connectivity index (χ2n) is 10.2. The zero-order valence-corrected chi connectivity index (χ0v) is 22.1. The van der Waals surface area contributed by atoms with Gasteiger partial charge in [0.25, 0.3) is 10.0 Å². The van der Waals surface area contributed by atoms with Crippen molar-refractivity contribution in [3.05, 3.63) is 89.5 Å². The van der Waals surface area contributed by atoms with Gasteiger partial charge in [0.05, 0.1) is 22.0 Å². The molecule has 2 N–H and O–H groups in total. The molecule has 194 valence electrons. The number of nitrogens with one attached hydrogen (secondary N) is 2. The van der Waals surface area contributed by atoms with E-state index in [1.807, 2.05) is 16.8 Å². The molecule has 2 aliphatic rings. The largest absolute Gasteiger partial charge is 0.335 e. The maximum atomic E-state index is 12.9. The van der Waals surface area contributed by atoms with Gasteiger partial charge >= 0.3 is 6.03 Å². The van der Waals surface area contributed by atoms with Gasteiger partial charge in [-0.05, 0) is 49.6 Å². The van der Waals surface area contributed by atoms with Crippen LogP contribution in [0, 0.1) is 6.92 Å². The van der Waals surface area contributed by atoms with Gasteiger partial charge < -0.3 is 5.32 Å². The minimum absolute atomic E-state index is 0.0217. The Kier molecular flexibility index (Phi) is 6.27. The number of benzene rings is 3. The fraction of sp³-hybridized carbons (Fsp3) is 0.267. The van der Waals surface area contributed by atoms with Crippen LogP contribution in [-0.2, 0) is 16.4 Å². The summed E-state index contributed by atoms with van der Waals surface area (Å²) in [6, 6.07) is 22.5. The molecule has 0 radical (unpaired) electrons. The maximum Gasteiger partial charge on any atom is 0.328 e. The van der Waals surface area contributed by atoms with Gasteiger partial charge in [-0.15, -0.1) is 0 Å². The van der Waals surface area contributed by atoms with Gasteiger partial charge in [-0.3, -0.25) is 0 Å². The van der Waals surface area contributed by atoms with Crippen molar-refractivity contribution in [1.29, 1.82) is 0 Å². The summed E-state index contributed by atoms with van der Waals surface area (Å²) in [7, 11) is -4.00. The van der Waals surface area contributed by atoms with Crippen molar-refractivity contribution in [3.63, 3.8) is 0 Å². The fourth-order valence-electron chi connectivity index (χ4n) is 5.53. The van der Waals surface area contributed by atoms with Crippen LogP contribution in [0.4, 0.5) is 4.79 Å². The molecule has 38 heavy (non-hydrogen) atoms. The lowest BCUT2D eigenvalue weighted by Gasteiger charge is -2.22. The second-order valence-corrected chi connectivity index (χ2v) is 11.9. The zero-order chi connectivity index (χ0) is 26.3. The number of amides is 2. The number of hydrogen-bond donors (Lipinski definition) is 2. The molecule has 2 amide bonds. The number of rotatable bonds is 5. The second kappa shape index (κ2) is 9.76. The monoisotopic (exact) mass is 526 g/mol. The third kappa shape index (κ3) is 4.60. The number of nitrogens with zero attached hydrogens (tertiary/aromatic N) is 2. The number of sulfonamides is 1. The molecule has 3 aromatic carbocycles. The van der Waals surface area contributed by atoms with Crippen LogP contribution in [0.25, 0.3) is 28.2 Å². The van der Waals surface area contributed by atoms with Crippen molar-refractivity contribution >= 4 is 16.1 Å². The van der Waals surface area contributed by atoms with E-state index in [0.29, 0.717) is 0 Å². The van der Waals surface area contributed by atoms with Gasteiger partial charge in [0, 0.05) is 29.2 Å². The standard InChI is InChI=1S/C30H30N4O3S/c1-20-11-13-21(14-12-20)29-27-19-22-7-5-6-10-26(22)28(27)32-34(29)24-15-17-25(18-16-24)38(36,37)33-30(35)31-23-8-3-2-4-9-23/h5-7,10-18,23H,2-4,8-9,19H2,1H3,(H2,31,33,35). The quantitative estimate of drug-likeness (QED) is 0.305. The molecule has 0 bridgehead atoms. The first-order chi connectivity index (χ1) is 18.4. The Morgan fingerprint density at radius 3 is 2.37 bits per heavy atom. The molecule has 0 spiro atoms. The van der Waals surface area contributed by atoms with Crippen LogP contribution in [0.1, 0.15) is 48.8 Å². The highest BCUT2D eigenvalue weighted by Crippen LogP contribution is 2.42. The predicted molar refractivity (Wildman–Crippen MR) is 148 cm³/mol. The molecule has 0 saturated heterocycles. The van der Waals surface area contributed by atoms with E-state index in [1.165, 1.54) is 23.3 Å². The van der Waals surface area contributed by atoms with Crippen molar-refractivity contribution in [1.82, 2.24) is 19.8 Å². The third-order valence-corrected chi connectivity index (χ3v) is 8.85. The molecule has 8 heteroatoms. The number of carbonyl (C=O) groups excluding carboxylic acids is 1. The Morgan fingerprint density at radius 1 is 0.921 bits per heavy atom. The van der Waals surface area contributed by atoms with Crippen molar-refractivity contribution < 1.29 is 13.2 Å². The predicted octanol–water partition coefficient (Wildman–Crippen LogP) is 5.74. The Labute approximate surface area is 223 Å². The Balaban J connectivity index is 1.31. The molecule has 0 aliphatic heterocycles. The van der Waals surface area contributed by atoms with E-state index in [0.717, 1.165) is 72.3 Å². The molecule has 1 aromatic heterocycles. The van der Waals surface area contributed by atoms with Crippen LogP contribution in [0.5, 0.6) is 0 Å². The smallest absolute Gasteiger partial charge is 0.328 e. The minimum atomic E-state index is -4.00. The molecular weight excluding hydrogens is 496 g/mol. The third-order valence-electron chi connectivity index (χ3n) is 7.51. The molecule has 1 heterocycles. The highest BCUT2D eigenvalue weighted by Gasteiger charge is 2.28. The Morgan fingerprint density at radius 2 is 1.63 bits per heavy atom. The van der Waals surface area contributed by atoms with E-state index in [-0.39, 0.29) is 10.9 Å². The summed E-state index contributed by atoms with van der Waals surface area (Å²) < 4.78 is 29.9. The first-order valence-corrected chi connectivity index (χ1v) is 14.6. The molecule has 6 rings (SSSR count). The van der Waals surface area contributed by atoms with E-state index >= 15 is 0 Å². The van der Waals surface area contributed by atoms with E-state index in [9.17, 15) is 13.2 Å². The topological polar surface area (TPSA) is 93.1 Å². The summed E-state index contributed by atoms with van der Waals surface area (Å²) in [5, 5.41) is 7.79. The van der Waals surface area contributed by atoms with E-state index in [1.54, 1.807) is 12.1 Å². The molecule has 0 atom stereocenters. The summed E-state index contributed by atoms with van der Waals surface area (Å²) in [6.45, 7) is 2.06. The highest BCUT2D eigenvalue weighted by molar-refractivity contribution is 7.90. The Hall–Kier alpha value is -3.91. The van der Waals surface area contributed by atoms with Gasteiger partial charge in [0.2, 0.25) is 0 Å². The van der Waals surface area contributed by atoms with E-state index in [2.05, 4.69) is 53.4 Å². The summed E-state index contributed by atoms with van der Waals surface area (Å²) in [5.74, 6) is 0. The molecule has 2 aliphatic carbocycles. The van der Waals surface area contributed by atoms with Crippen molar-refractivity contribution in [2.45, 2.75) is 56.4 Å². The lowest BCUT2D eigenvalue weighted by Crippen LogP contribution is -2.45. The van der Waals surface area contributed by atoms with E-state index in [4.69, 9.17) is 5.10 Å². The van der Waals surface area contributed by atoms with Crippen molar-refractivity contribution in [2.75, 3.05) is 0 Å². The van der Waals surface area contributed by atoms with Crippen LogP contribution in [0.3, 0.4) is 0 Å². The van der Waals surface area contributed by atoms with Crippen LogP contribution in [0.2, 0.25) is 0 Å². The molecule has 1 saturated carbocycles. The molecule has 0 unspecified atom stereocenters. The molecular formula is C30H30N4O3S. The Bertz CT molecular complexity index is 1600. The molecule has 7 nitrogen and oxygen atoms in total. The van der Waals surface area contributed by atoms with E-state index < -0.39 is 16.1 Å². The normalized spacial score (nSPS) is 15.1. The van der Waals surface area contributed by atoms with Crippen molar-refractivity contribution in [3.8, 4) is 28.2 Å². The first kappa shape index (κ1) is 24.4. The summed E-state index contributed by atoms with van der Waals surface area (Å²) >= 11 is 0. The molecule has 1 fully saturated rings. The average molecular weight is 527 g/mol. The number of hydrogen-bond acceptors (Lipinski definition) is 4. The number of aromatic nitrogens is 2. The van der Waals surface area contributed by atoms with Crippen LogP contribution in [-0.4, -0.2) is 30.3 Å². The zero-order valence-electron chi connectivity index (χ0n) is 21.3. The first-order valence-electron chi connectivity index (χ1n) is 13.1. The van der Waals surface area contributed by atoms with Crippen molar-refractivity contribution in [2.24, 2.45) is 0 Å². The summed E-state index contributed by atoms with van der Waals surface area (Å²) in [5.41, 5.74) is 8.47.